The molecule has 3 aromatic rings. The molecule has 13 heteroatoms. The van der Waals surface area contributed by atoms with E-state index in [4.69, 9.17) is 23.6 Å². The maximum absolute atomic E-state index is 13.0. The number of nitriles is 1. The number of rotatable bonds is 17. The van der Waals surface area contributed by atoms with E-state index in [1.807, 2.05) is 36.4 Å². The van der Waals surface area contributed by atoms with Crippen LogP contribution in [-0.2, 0) is 48.0 Å². The van der Waals surface area contributed by atoms with Gasteiger partial charge in [0.2, 0.25) is 11.8 Å². The maximum Gasteiger partial charge on any atom is 0.309 e. The Morgan fingerprint density at radius 3 is 2.61 bits per heavy atom. The second-order valence-corrected chi connectivity index (χ2v) is 12.1. The highest BCUT2D eigenvalue weighted by Gasteiger charge is 2.39. The van der Waals surface area contributed by atoms with Crippen molar-refractivity contribution in [3.05, 3.63) is 82.4 Å². The van der Waals surface area contributed by atoms with Crippen molar-refractivity contribution in [1.29, 1.82) is 5.26 Å². The molecule has 1 saturated heterocycles. The van der Waals surface area contributed by atoms with Gasteiger partial charge in [-0.25, -0.2) is 0 Å². The number of nitrogens with one attached hydrogen (secondary N) is 2. The van der Waals surface area contributed by atoms with E-state index in [1.165, 1.54) is 5.46 Å². The third-order valence-corrected chi connectivity index (χ3v) is 8.74. The number of hydrogen-bond acceptors (Lipinski definition) is 10. The third-order valence-electron chi connectivity index (χ3n) is 8.74. The van der Waals surface area contributed by atoms with Gasteiger partial charge in [0.15, 0.2) is 0 Å². The summed E-state index contributed by atoms with van der Waals surface area (Å²) in [6, 6.07) is 18.4. The lowest BCUT2D eigenvalue weighted by molar-refractivity contribution is -0.136. The van der Waals surface area contributed by atoms with Crippen LogP contribution in [0, 0.1) is 11.3 Å². The van der Waals surface area contributed by atoms with Crippen LogP contribution >= 0.6 is 0 Å². The van der Waals surface area contributed by atoms with E-state index in [9.17, 15) is 19.6 Å². The molecule has 0 aliphatic carbocycles. The summed E-state index contributed by atoms with van der Waals surface area (Å²) in [6.07, 6.45) is 1.96. The predicted molar refractivity (Wildman–Crippen MR) is 181 cm³/mol. The molecule has 0 bridgehead atoms. The number of hydrogen-bond donors (Lipinski definition) is 2. The number of benzene rings is 3. The molecular weight excluding hydrogens is 627 g/mol. The Morgan fingerprint density at radius 2 is 1.80 bits per heavy atom. The highest BCUT2D eigenvalue weighted by atomic mass is 16.5. The second-order valence-electron chi connectivity index (χ2n) is 12.1. The molecule has 1 fully saturated rings. The molecule has 1 unspecified atom stereocenters. The predicted octanol–water partition coefficient (Wildman–Crippen LogP) is 2.71. The van der Waals surface area contributed by atoms with Crippen LogP contribution in [0.3, 0.4) is 0 Å². The van der Waals surface area contributed by atoms with Crippen molar-refractivity contribution in [3.8, 4) is 17.6 Å². The van der Waals surface area contributed by atoms with Crippen molar-refractivity contribution in [2.45, 2.75) is 44.9 Å². The van der Waals surface area contributed by atoms with Crippen LogP contribution in [0.5, 0.6) is 11.5 Å². The number of imide groups is 1. The lowest BCUT2D eigenvalue weighted by Gasteiger charge is -2.29. The van der Waals surface area contributed by atoms with Crippen LogP contribution in [0.4, 0.5) is 5.69 Å². The van der Waals surface area contributed by atoms with Crippen LogP contribution in [0.1, 0.15) is 51.9 Å². The molecule has 0 radical (unpaired) electrons. The Balaban J connectivity index is 0.827. The summed E-state index contributed by atoms with van der Waals surface area (Å²) in [4.78, 5) is 38.4. The number of carbonyl (C=O) groups excluding carboxylic acids is 3. The Labute approximate surface area is 285 Å². The molecule has 0 aromatic heterocycles. The fraction of sp³-hybridized carbons (Fsp3) is 0.389. The summed E-state index contributed by atoms with van der Waals surface area (Å²) in [5, 5.41) is 15.1. The van der Waals surface area contributed by atoms with Crippen LogP contribution in [0.2, 0.25) is 0 Å². The van der Waals surface area contributed by atoms with E-state index < -0.39 is 11.9 Å². The molecule has 2 N–H and O–H groups in total. The molecule has 254 valence electrons. The van der Waals surface area contributed by atoms with E-state index in [2.05, 4.69) is 16.7 Å². The van der Waals surface area contributed by atoms with Crippen LogP contribution in [0.15, 0.2) is 54.6 Å². The van der Waals surface area contributed by atoms with Gasteiger partial charge in [0.05, 0.1) is 51.3 Å². The molecule has 3 aliphatic heterocycles. The minimum Gasteiger partial charge on any atom is -0.457 e. The highest BCUT2D eigenvalue weighted by molar-refractivity contribution is 6.48. The second kappa shape index (κ2) is 16.6. The molecule has 3 heterocycles. The van der Waals surface area contributed by atoms with Crippen molar-refractivity contribution < 1.29 is 38.0 Å². The summed E-state index contributed by atoms with van der Waals surface area (Å²) in [6.45, 7) is 4.44. The number of anilines is 1. The van der Waals surface area contributed by atoms with E-state index >= 15 is 0 Å². The Kier molecular flexibility index (Phi) is 11.6. The number of ether oxygens (including phenoxy) is 4. The molecular formula is C36H39BN4O8. The highest BCUT2D eigenvalue weighted by Crippen LogP contribution is 2.32. The summed E-state index contributed by atoms with van der Waals surface area (Å²) in [5.74, 6) is 0.457. The Hall–Kier alpha value is -4.74. The summed E-state index contributed by atoms with van der Waals surface area (Å²) >= 11 is 0. The van der Waals surface area contributed by atoms with Gasteiger partial charge in [-0.05, 0) is 72.3 Å². The zero-order valence-corrected chi connectivity index (χ0v) is 27.3. The largest absolute Gasteiger partial charge is 0.457 e. The Bertz CT molecular complexity index is 1730. The van der Waals surface area contributed by atoms with Crippen LogP contribution < -0.4 is 20.8 Å². The maximum atomic E-state index is 13.0. The van der Waals surface area contributed by atoms with Crippen molar-refractivity contribution in [2.24, 2.45) is 0 Å². The SMILES string of the molecule is N#Cc1ccc(CCOCCOCCOCCCNc2cccc3c2CN(C2CCC(=O)NC2=O)C3=O)c(Oc2ccc3c(c2)COB3)c1. The van der Waals surface area contributed by atoms with Gasteiger partial charge in [-0.3, -0.25) is 19.7 Å². The van der Waals surface area contributed by atoms with Crippen LogP contribution in [-0.4, -0.2) is 82.3 Å². The lowest BCUT2D eigenvalue weighted by Crippen LogP contribution is -2.52. The van der Waals surface area contributed by atoms with Crippen LogP contribution in [0.25, 0.3) is 0 Å². The molecule has 3 aromatic carbocycles. The van der Waals surface area contributed by atoms with Gasteiger partial charge in [0, 0.05) is 42.9 Å². The lowest BCUT2D eigenvalue weighted by atomic mass is 9.87. The average Bonchev–Trinajstić information content (AvgIpc) is 3.71. The summed E-state index contributed by atoms with van der Waals surface area (Å²) in [5.41, 5.74) is 6.10. The monoisotopic (exact) mass is 666 g/mol. The van der Waals surface area contributed by atoms with E-state index in [0.29, 0.717) is 102 Å². The normalized spacial score (nSPS) is 16.5. The zero-order chi connectivity index (χ0) is 34.0. The Morgan fingerprint density at radius 1 is 0.980 bits per heavy atom. The van der Waals surface area contributed by atoms with Crippen molar-refractivity contribution >= 4 is 36.4 Å². The third kappa shape index (κ3) is 8.65. The van der Waals surface area contributed by atoms with Gasteiger partial charge >= 0.3 is 7.48 Å². The first-order chi connectivity index (χ1) is 24.0. The molecule has 6 rings (SSSR count). The van der Waals surface area contributed by atoms with E-state index in [-0.39, 0.29) is 18.2 Å². The van der Waals surface area contributed by atoms with E-state index in [0.717, 1.165) is 28.8 Å². The number of nitrogens with zero attached hydrogens (tertiary/aromatic N) is 2. The first kappa shape index (κ1) is 34.1. The van der Waals surface area contributed by atoms with Gasteiger partial charge < -0.3 is 33.8 Å². The molecule has 1 atom stereocenters. The first-order valence-corrected chi connectivity index (χ1v) is 16.6. The van der Waals surface area contributed by atoms with Crippen molar-refractivity contribution in [2.75, 3.05) is 51.5 Å². The molecule has 49 heavy (non-hydrogen) atoms. The van der Waals surface area contributed by atoms with Crippen molar-refractivity contribution in [3.63, 3.8) is 0 Å². The standard InChI is InChI=1S/C36H39BN4O8/c38-21-24-5-6-25(33(19-24)49-27-7-8-30-26(20-27)23-48-37-30)11-14-46-16-18-47-17-15-45-13-2-12-39-31-4-1-3-28-29(31)22-41(36(28)44)32-9-10-34(42)40-35(32)43/h1,3-8,19-20,32,37,39H,2,9-18,22-23H2,(H,40,42,43). The molecule has 3 aliphatic rings. The first-order valence-electron chi connectivity index (χ1n) is 16.6. The van der Waals surface area contributed by atoms with Gasteiger partial charge in [-0.2, -0.15) is 5.26 Å². The number of piperidine rings is 1. The van der Waals surface area contributed by atoms with Gasteiger partial charge in [-0.1, -0.05) is 18.2 Å². The number of fused-ring (bicyclic) bond motifs is 2. The number of carbonyl (C=O) groups is 3. The fourth-order valence-electron chi connectivity index (χ4n) is 6.14. The minimum absolute atomic E-state index is 0.186. The smallest absolute Gasteiger partial charge is 0.309 e. The molecule has 12 nitrogen and oxygen atoms in total. The minimum atomic E-state index is -0.632. The molecule has 3 amide bonds. The topological polar surface area (TPSA) is 148 Å². The molecule has 0 saturated carbocycles. The zero-order valence-electron chi connectivity index (χ0n) is 27.3. The van der Waals surface area contributed by atoms with Gasteiger partial charge in [0.25, 0.3) is 5.91 Å². The summed E-state index contributed by atoms with van der Waals surface area (Å²) in [7, 11) is 0.622. The fourth-order valence-corrected chi connectivity index (χ4v) is 6.14. The number of amides is 3. The van der Waals surface area contributed by atoms with Gasteiger partial charge in [-0.15, -0.1) is 0 Å². The van der Waals surface area contributed by atoms with Crippen molar-refractivity contribution in [1.82, 2.24) is 10.2 Å². The van der Waals surface area contributed by atoms with E-state index in [1.54, 1.807) is 23.1 Å². The van der Waals surface area contributed by atoms with Gasteiger partial charge in [0.1, 0.15) is 17.5 Å². The molecule has 0 spiro atoms. The average molecular weight is 667 g/mol. The summed E-state index contributed by atoms with van der Waals surface area (Å²) < 4.78 is 28.8. The quantitative estimate of drug-likeness (QED) is 0.125.